The van der Waals surface area contributed by atoms with Crippen molar-refractivity contribution in [3.8, 4) is 0 Å². The molecule has 0 atom stereocenters. The lowest BCUT2D eigenvalue weighted by atomic mass is 10.2. The first-order valence-corrected chi connectivity index (χ1v) is 4.32. The zero-order valence-corrected chi connectivity index (χ0v) is 7.92. The number of hydrogen-bond acceptors (Lipinski definition) is 2. The number of hydrogen-bond donors (Lipinski definition) is 2. The SMILES string of the molecule is CC(C)CN(CCCN)C(N)=O. The highest BCUT2D eigenvalue weighted by molar-refractivity contribution is 5.71. The van der Waals surface area contributed by atoms with Gasteiger partial charge in [-0.05, 0) is 18.9 Å². The molecule has 0 fully saturated rings. The number of amides is 2. The topological polar surface area (TPSA) is 72.3 Å². The minimum Gasteiger partial charge on any atom is -0.351 e. The van der Waals surface area contributed by atoms with Gasteiger partial charge in [-0.3, -0.25) is 0 Å². The maximum Gasteiger partial charge on any atom is 0.314 e. The molecule has 0 heterocycles. The molecule has 0 aliphatic carbocycles. The molecular weight excluding hydrogens is 154 g/mol. The standard InChI is InChI=1S/C8H19N3O/c1-7(2)6-11(8(10)12)5-3-4-9/h7H,3-6,9H2,1-2H3,(H2,10,12). The van der Waals surface area contributed by atoms with Crippen LogP contribution in [0.1, 0.15) is 20.3 Å². The highest BCUT2D eigenvalue weighted by atomic mass is 16.2. The third kappa shape index (κ3) is 4.96. The molecule has 4 N–H and O–H groups in total. The minimum absolute atomic E-state index is 0.350. The van der Waals surface area contributed by atoms with E-state index in [1.54, 1.807) is 4.90 Å². The summed E-state index contributed by atoms with van der Waals surface area (Å²) in [6.45, 7) is 6.10. The summed E-state index contributed by atoms with van der Waals surface area (Å²) in [6, 6.07) is -0.350. The number of nitrogens with zero attached hydrogens (tertiary/aromatic N) is 1. The molecule has 0 saturated carbocycles. The number of rotatable bonds is 5. The molecule has 0 rings (SSSR count). The molecule has 72 valence electrons. The number of nitrogens with two attached hydrogens (primary N) is 2. The maximum absolute atomic E-state index is 10.8. The van der Waals surface area contributed by atoms with Crippen molar-refractivity contribution in [3.05, 3.63) is 0 Å². The molecule has 0 radical (unpaired) electrons. The average molecular weight is 173 g/mol. The normalized spacial score (nSPS) is 10.3. The van der Waals surface area contributed by atoms with Gasteiger partial charge in [0.15, 0.2) is 0 Å². The van der Waals surface area contributed by atoms with Crippen LogP contribution in [0, 0.1) is 5.92 Å². The molecule has 0 aromatic rings. The van der Waals surface area contributed by atoms with Crippen molar-refractivity contribution < 1.29 is 4.79 Å². The van der Waals surface area contributed by atoms with Crippen molar-refractivity contribution in [1.82, 2.24) is 4.90 Å². The Morgan fingerprint density at radius 2 is 2.08 bits per heavy atom. The summed E-state index contributed by atoms with van der Waals surface area (Å²) >= 11 is 0. The maximum atomic E-state index is 10.8. The summed E-state index contributed by atoms with van der Waals surface area (Å²) in [6.07, 6.45) is 0.815. The molecule has 0 aromatic heterocycles. The lowest BCUT2D eigenvalue weighted by Crippen LogP contribution is -2.39. The Bertz CT molecular complexity index is 136. The van der Waals surface area contributed by atoms with Crippen molar-refractivity contribution >= 4 is 6.03 Å². The second kappa shape index (κ2) is 5.83. The minimum atomic E-state index is -0.350. The van der Waals surface area contributed by atoms with Crippen LogP contribution >= 0.6 is 0 Å². The van der Waals surface area contributed by atoms with Crippen LogP contribution in [0.4, 0.5) is 4.79 Å². The highest BCUT2D eigenvalue weighted by Gasteiger charge is 2.09. The van der Waals surface area contributed by atoms with Crippen LogP contribution in [0.3, 0.4) is 0 Å². The van der Waals surface area contributed by atoms with Gasteiger partial charge in [-0.2, -0.15) is 0 Å². The van der Waals surface area contributed by atoms with E-state index in [1.165, 1.54) is 0 Å². The Labute approximate surface area is 73.9 Å². The van der Waals surface area contributed by atoms with Crippen LogP contribution in [0.2, 0.25) is 0 Å². The van der Waals surface area contributed by atoms with Crippen LogP contribution in [-0.4, -0.2) is 30.6 Å². The monoisotopic (exact) mass is 173 g/mol. The second-order valence-electron chi connectivity index (χ2n) is 3.32. The van der Waals surface area contributed by atoms with Crippen LogP contribution in [-0.2, 0) is 0 Å². The van der Waals surface area contributed by atoms with E-state index < -0.39 is 0 Å². The number of primary amides is 1. The predicted molar refractivity (Wildman–Crippen MR) is 49.7 cm³/mol. The Balaban J connectivity index is 3.78. The van der Waals surface area contributed by atoms with Crippen molar-refractivity contribution in [2.24, 2.45) is 17.4 Å². The van der Waals surface area contributed by atoms with E-state index in [4.69, 9.17) is 11.5 Å². The van der Waals surface area contributed by atoms with E-state index in [9.17, 15) is 4.79 Å². The van der Waals surface area contributed by atoms with Crippen LogP contribution in [0.25, 0.3) is 0 Å². The summed E-state index contributed by atoms with van der Waals surface area (Å²) in [7, 11) is 0. The van der Waals surface area contributed by atoms with Gasteiger partial charge >= 0.3 is 6.03 Å². The molecule has 2 amide bonds. The van der Waals surface area contributed by atoms with Gasteiger partial charge in [0.25, 0.3) is 0 Å². The fourth-order valence-corrected chi connectivity index (χ4v) is 1.01. The van der Waals surface area contributed by atoms with Crippen LogP contribution < -0.4 is 11.5 Å². The zero-order valence-electron chi connectivity index (χ0n) is 7.92. The van der Waals surface area contributed by atoms with E-state index in [0.717, 1.165) is 13.0 Å². The lowest BCUT2D eigenvalue weighted by Gasteiger charge is -2.21. The Morgan fingerprint density at radius 1 is 1.50 bits per heavy atom. The van der Waals surface area contributed by atoms with Crippen molar-refractivity contribution in [1.29, 1.82) is 0 Å². The molecule has 0 saturated heterocycles. The molecule has 4 heteroatoms. The van der Waals surface area contributed by atoms with Gasteiger partial charge in [-0.1, -0.05) is 13.8 Å². The molecule has 4 nitrogen and oxygen atoms in total. The van der Waals surface area contributed by atoms with Gasteiger partial charge in [-0.25, -0.2) is 4.79 Å². The third-order valence-corrected chi connectivity index (χ3v) is 1.53. The fourth-order valence-electron chi connectivity index (χ4n) is 1.01. The van der Waals surface area contributed by atoms with E-state index in [1.807, 2.05) is 0 Å². The summed E-state index contributed by atoms with van der Waals surface area (Å²) in [4.78, 5) is 12.5. The van der Waals surface area contributed by atoms with E-state index in [-0.39, 0.29) is 6.03 Å². The van der Waals surface area contributed by atoms with Crippen molar-refractivity contribution in [2.45, 2.75) is 20.3 Å². The molecule has 0 aliphatic rings. The second-order valence-corrected chi connectivity index (χ2v) is 3.32. The Kier molecular flexibility index (Phi) is 5.45. The summed E-state index contributed by atoms with van der Waals surface area (Å²) in [5, 5.41) is 0. The highest BCUT2D eigenvalue weighted by Crippen LogP contribution is 1.98. The van der Waals surface area contributed by atoms with Gasteiger partial charge in [0.05, 0.1) is 0 Å². The zero-order chi connectivity index (χ0) is 9.56. The van der Waals surface area contributed by atoms with Crippen LogP contribution in [0.15, 0.2) is 0 Å². The first kappa shape index (κ1) is 11.2. The van der Waals surface area contributed by atoms with Gasteiger partial charge < -0.3 is 16.4 Å². The van der Waals surface area contributed by atoms with Gasteiger partial charge in [0.1, 0.15) is 0 Å². The molecule has 0 aromatic carbocycles. The molecule has 12 heavy (non-hydrogen) atoms. The fraction of sp³-hybridized carbons (Fsp3) is 0.875. The van der Waals surface area contributed by atoms with Crippen molar-refractivity contribution in [3.63, 3.8) is 0 Å². The molecular formula is C8H19N3O. The number of carbonyl (C=O) groups is 1. The average Bonchev–Trinajstić information content (AvgIpc) is 1.96. The first-order chi connectivity index (χ1) is 5.57. The third-order valence-electron chi connectivity index (χ3n) is 1.53. The van der Waals surface area contributed by atoms with Crippen LogP contribution in [0.5, 0.6) is 0 Å². The summed E-state index contributed by atoms with van der Waals surface area (Å²) in [5.41, 5.74) is 10.5. The Hall–Kier alpha value is -0.770. The molecule has 0 spiro atoms. The first-order valence-electron chi connectivity index (χ1n) is 4.32. The molecule has 0 bridgehead atoms. The largest absolute Gasteiger partial charge is 0.351 e. The quantitative estimate of drug-likeness (QED) is 0.630. The Morgan fingerprint density at radius 3 is 2.42 bits per heavy atom. The lowest BCUT2D eigenvalue weighted by molar-refractivity contribution is 0.200. The summed E-state index contributed by atoms with van der Waals surface area (Å²) < 4.78 is 0. The van der Waals surface area contributed by atoms with E-state index in [0.29, 0.717) is 19.0 Å². The van der Waals surface area contributed by atoms with Gasteiger partial charge in [0.2, 0.25) is 0 Å². The smallest absolute Gasteiger partial charge is 0.314 e. The van der Waals surface area contributed by atoms with E-state index in [2.05, 4.69) is 13.8 Å². The van der Waals surface area contributed by atoms with Crippen molar-refractivity contribution in [2.75, 3.05) is 19.6 Å². The number of carbonyl (C=O) groups excluding carboxylic acids is 1. The van der Waals surface area contributed by atoms with Gasteiger partial charge in [-0.15, -0.1) is 0 Å². The summed E-state index contributed by atoms with van der Waals surface area (Å²) in [5.74, 6) is 0.454. The number of urea groups is 1. The molecule has 0 aliphatic heterocycles. The van der Waals surface area contributed by atoms with E-state index >= 15 is 0 Å². The van der Waals surface area contributed by atoms with Gasteiger partial charge in [0, 0.05) is 13.1 Å². The predicted octanol–water partition coefficient (Wildman–Crippen LogP) is 0.372. The molecule has 0 unspecified atom stereocenters.